The molecule has 1 fully saturated rings. The Kier molecular flexibility index (Phi) is 7.13. The normalized spacial score (nSPS) is 17.3. The molecule has 0 bridgehead atoms. The van der Waals surface area contributed by atoms with Gasteiger partial charge >= 0.3 is 0 Å². The van der Waals surface area contributed by atoms with Crippen LogP contribution < -0.4 is 15.4 Å². The summed E-state index contributed by atoms with van der Waals surface area (Å²) in [4.78, 5) is 0.358. The van der Waals surface area contributed by atoms with Gasteiger partial charge in [-0.25, -0.2) is 12.7 Å². The van der Waals surface area contributed by atoms with Crippen molar-refractivity contribution in [2.45, 2.75) is 23.6 Å². The molecule has 0 radical (unpaired) electrons. The van der Waals surface area contributed by atoms with Crippen LogP contribution in [0.1, 0.15) is 24.0 Å². The minimum absolute atomic E-state index is 0.358. The Labute approximate surface area is 184 Å². The topological polar surface area (TPSA) is 70.7 Å². The first kappa shape index (κ1) is 22.7. The van der Waals surface area contributed by atoms with Gasteiger partial charge in [-0.05, 0) is 43.6 Å². The molecule has 1 saturated heterocycles. The van der Waals surface area contributed by atoms with Crippen molar-refractivity contribution in [3.63, 3.8) is 0 Å². The average molecular weight is 448 g/mol. The summed E-state index contributed by atoms with van der Waals surface area (Å²) in [5, 5.41) is 5.68. The van der Waals surface area contributed by atoms with Crippen molar-refractivity contribution >= 4 is 27.2 Å². The zero-order valence-corrected chi connectivity index (χ0v) is 19.2. The number of benzene rings is 2. The number of hydrogen-bond acceptors (Lipinski definition) is 5. The van der Waals surface area contributed by atoms with E-state index in [2.05, 4.69) is 10.6 Å². The van der Waals surface area contributed by atoms with Crippen LogP contribution in [0.3, 0.4) is 0 Å². The average Bonchev–Trinajstić information content (AvgIpc) is 2.78. The molecule has 2 aromatic carbocycles. The molecule has 0 aromatic heterocycles. The van der Waals surface area contributed by atoms with Crippen LogP contribution in [0.2, 0.25) is 0 Å². The van der Waals surface area contributed by atoms with Crippen molar-refractivity contribution in [3.05, 3.63) is 65.7 Å². The molecule has 0 saturated carbocycles. The van der Waals surface area contributed by atoms with Crippen LogP contribution in [0.25, 0.3) is 0 Å². The number of thiocarbonyl (C=S) groups is 1. The van der Waals surface area contributed by atoms with Gasteiger partial charge in [0.25, 0.3) is 0 Å². The molecule has 1 aliphatic rings. The number of nitrogens with one attached hydrogen (secondary N) is 2. The van der Waals surface area contributed by atoms with Gasteiger partial charge in [0.05, 0.1) is 12.7 Å². The smallest absolute Gasteiger partial charge is 0.235 e. The fourth-order valence-electron chi connectivity index (χ4n) is 4.08. The molecule has 2 aromatic rings. The third-order valence-electron chi connectivity index (χ3n) is 5.77. The highest BCUT2D eigenvalue weighted by molar-refractivity contribution is 7.89. The maximum absolute atomic E-state index is 13.6. The Balaban J connectivity index is 2.11. The van der Waals surface area contributed by atoms with Crippen LogP contribution in [-0.2, 0) is 15.4 Å². The van der Waals surface area contributed by atoms with Gasteiger partial charge in [0.1, 0.15) is 10.7 Å². The SMILES string of the molecule is COc1ccccc1C(=S)NC(C1(c2ccccc2)CCNCC1)S(=O)(=O)N(C)C. The highest BCUT2D eigenvalue weighted by Crippen LogP contribution is 2.40. The van der Waals surface area contributed by atoms with Crippen molar-refractivity contribution in [1.29, 1.82) is 0 Å². The minimum atomic E-state index is -3.70. The van der Waals surface area contributed by atoms with Crippen LogP contribution in [0, 0.1) is 0 Å². The summed E-state index contributed by atoms with van der Waals surface area (Å²) in [5.41, 5.74) is 1.05. The van der Waals surface area contributed by atoms with Crippen LogP contribution in [-0.4, -0.2) is 57.4 Å². The summed E-state index contributed by atoms with van der Waals surface area (Å²) in [6, 6.07) is 17.3. The van der Waals surface area contributed by atoms with E-state index in [0.29, 0.717) is 29.1 Å². The number of piperidine rings is 1. The van der Waals surface area contributed by atoms with Crippen LogP contribution >= 0.6 is 12.2 Å². The molecule has 1 atom stereocenters. The zero-order chi connectivity index (χ0) is 21.8. The first-order valence-corrected chi connectivity index (χ1v) is 11.9. The Hall–Kier alpha value is -2.00. The first-order chi connectivity index (χ1) is 14.3. The van der Waals surface area contributed by atoms with Gasteiger partial charge in [0, 0.05) is 19.5 Å². The van der Waals surface area contributed by atoms with Gasteiger partial charge in [0.15, 0.2) is 5.37 Å². The standard InChI is InChI=1S/C22H29N3O3S2/c1-25(2)30(26,27)21(24-20(29)18-11-7-8-12-19(18)28-3)22(13-15-23-16-14-22)17-9-5-4-6-10-17/h4-12,21,23H,13-16H2,1-3H3,(H,24,29). The maximum atomic E-state index is 13.6. The molecule has 0 amide bonds. The summed E-state index contributed by atoms with van der Waals surface area (Å²) in [6.45, 7) is 1.47. The summed E-state index contributed by atoms with van der Waals surface area (Å²) in [6.07, 6.45) is 1.35. The number of hydrogen-bond donors (Lipinski definition) is 2. The molecule has 6 nitrogen and oxygen atoms in total. The van der Waals surface area contributed by atoms with Crippen LogP contribution in [0.4, 0.5) is 0 Å². The van der Waals surface area contributed by atoms with Crippen molar-refractivity contribution in [1.82, 2.24) is 14.9 Å². The minimum Gasteiger partial charge on any atom is -0.496 e. The summed E-state index contributed by atoms with van der Waals surface area (Å²) in [5.74, 6) is 0.607. The highest BCUT2D eigenvalue weighted by atomic mass is 32.2. The number of rotatable bonds is 7. The number of sulfonamides is 1. The fraction of sp³-hybridized carbons (Fsp3) is 0.409. The fourth-order valence-corrected chi connectivity index (χ4v) is 6.07. The summed E-state index contributed by atoms with van der Waals surface area (Å²) in [7, 11) is 1.01. The lowest BCUT2D eigenvalue weighted by Gasteiger charge is -2.45. The van der Waals surface area contributed by atoms with E-state index in [1.807, 2.05) is 54.6 Å². The molecule has 162 valence electrons. The second-order valence-corrected chi connectivity index (χ2v) is 10.3. The number of para-hydroxylation sites is 1. The first-order valence-electron chi connectivity index (χ1n) is 9.94. The molecule has 0 spiro atoms. The van der Waals surface area contributed by atoms with Crippen LogP contribution in [0.15, 0.2) is 54.6 Å². The second kappa shape index (κ2) is 9.43. The van der Waals surface area contributed by atoms with Crippen molar-refractivity contribution in [3.8, 4) is 5.75 Å². The highest BCUT2D eigenvalue weighted by Gasteiger charge is 2.49. The van der Waals surface area contributed by atoms with E-state index >= 15 is 0 Å². The summed E-state index contributed by atoms with van der Waals surface area (Å²) < 4.78 is 33.9. The molecule has 2 N–H and O–H groups in total. The second-order valence-electron chi connectivity index (χ2n) is 7.65. The Bertz CT molecular complexity index is 972. The van der Waals surface area contributed by atoms with E-state index in [9.17, 15) is 8.42 Å². The molecule has 0 aliphatic carbocycles. The van der Waals surface area contributed by atoms with Crippen LogP contribution in [0.5, 0.6) is 5.75 Å². The zero-order valence-electron chi connectivity index (χ0n) is 17.6. The molecular weight excluding hydrogens is 418 g/mol. The monoisotopic (exact) mass is 447 g/mol. The van der Waals surface area contributed by atoms with E-state index in [1.165, 1.54) is 4.31 Å². The van der Waals surface area contributed by atoms with E-state index < -0.39 is 20.8 Å². The van der Waals surface area contributed by atoms with Crippen molar-refractivity contribution in [2.24, 2.45) is 0 Å². The van der Waals surface area contributed by atoms with Gasteiger partial charge in [-0.3, -0.25) is 0 Å². The molecule has 30 heavy (non-hydrogen) atoms. The predicted octanol–water partition coefficient (Wildman–Crippen LogP) is 2.50. The Morgan fingerprint density at radius 3 is 2.30 bits per heavy atom. The number of nitrogens with zero attached hydrogens (tertiary/aromatic N) is 1. The number of methoxy groups -OCH3 is 1. The van der Waals surface area contributed by atoms with E-state index in [1.54, 1.807) is 21.2 Å². The predicted molar refractivity (Wildman–Crippen MR) is 124 cm³/mol. The number of ether oxygens (including phenoxy) is 1. The van der Waals surface area contributed by atoms with Gasteiger partial charge in [0.2, 0.25) is 10.0 Å². The third-order valence-corrected chi connectivity index (χ3v) is 8.29. The largest absolute Gasteiger partial charge is 0.496 e. The van der Waals surface area contributed by atoms with Crippen molar-refractivity contribution < 1.29 is 13.2 Å². The summed E-state index contributed by atoms with van der Waals surface area (Å²) >= 11 is 5.69. The van der Waals surface area contributed by atoms with Crippen molar-refractivity contribution in [2.75, 3.05) is 34.3 Å². The third kappa shape index (κ3) is 4.37. The molecule has 3 rings (SSSR count). The Morgan fingerprint density at radius 2 is 1.70 bits per heavy atom. The van der Waals surface area contributed by atoms with Gasteiger partial charge in [-0.2, -0.15) is 0 Å². The quantitative estimate of drug-likeness (QED) is 0.636. The molecular formula is C22H29N3O3S2. The lowest BCUT2D eigenvalue weighted by atomic mass is 9.72. The van der Waals surface area contributed by atoms with Gasteiger partial charge in [-0.15, -0.1) is 0 Å². The Morgan fingerprint density at radius 1 is 1.10 bits per heavy atom. The lowest BCUT2D eigenvalue weighted by Crippen LogP contribution is -2.60. The maximum Gasteiger partial charge on any atom is 0.235 e. The lowest BCUT2D eigenvalue weighted by molar-refractivity contribution is 0.276. The molecule has 1 aliphatic heterocycles. The molecule has 8 heteroatoms. The molecule has 1 heterocycles. The van der Waals surface area contributed by atoms with E-state index in [0.717, 1.165) is 18.7 Å². The van der Waals surface area contributed by atoms with E-state index in [-0.39, 0.29) is 0 Å². The molecule has 1 unspecified atom stereocenters. The van der Waals surface area contributed by atoms with E-state index in [4.69, 9.17) is 17.0 Å². The van der Waals surface area contributed by atoms with Gasteiger partial charge in [-0.1, -0.05) is 54.7 Å². The van der Waals surface area contributed by atoms with Gasteiger partial charge < -0.3 is 15.4 Å².